The summed E-state index contributed by atoms with van der Waals surface area (Å²) in [5, 5.41) is 12.7. The average Bonchev–Trinajstić information content (AvgIpc) is 2.61. The van der Waals surface area contributed by atoms with Gasteiger partial charge in [-0.1, -0.05) is 0 Å². The number of fused-ring (bicyclic) bond motifs is 1. The zero-order valence-corrected chi connectivity index (χ0v) is 9.54. The molecule has 2 atom stereocenters. The second kappa shape index (κ2) is 3.71. The molecule has 1 aromatic heterocycles. The van der Waals surface area contributed by atoms with Gasteiger partial charge in [-0.25, -0.2) is 4.98 Å². The Morgan fingerprint density at radius 3 is 2.76 bits per heavy atom. The monoisotopic (exact) mass is 249 g/mol. The van der Waals surface area contributed by atoms with Gasteiger partial charge >= 0.3 is 6.18 Å². The third-order valence-electron chi connectivity index (χ3n) is 3.05. The van der Waals surface area contributed by atoms with Crippen LogP contribution in [0.5, 0.6) is 0 Å². The second-order valence-electron chi connectivity index (χ2n) is 4.49. The number of aliphatic hydroxyl groups is 1. The van der Waals surface area contributed by atoms with Crippen LogP contribution in [0.15, 0.2) is 6.20 Å². The van der Waals surface area contributed by atoms with Crippen LogP contribution in [-0.2, 0) is 12.1 Å². The Labute approximate surface area is 96.5 Å². The van der Waals surface area contributed by atoms with E-state index in [2.05, 4.69) is 10.3 Å². The van der Waals surface area contributed by atoms with Crippen LogP contribution in [0.25, 0.3) is 0 Å². The van der Waals surface area contributed by atoms with Crippen molar-refractivity contribution in [1.29, 1.82) is 0 Å². The number of halogens is 3. The molecule has 0 radical (unpaired) electrons. The van der Waals surface area contributed by atoms with E-state index in [9.17, 15) is 18.3 Å². The maximum Gasteiger partial charge on any atom is 0.424 e. The number of hydrogen-bond donors (Lipinski definition) is 2. The van der Waals surface area contributed by atoms with Crippen molar-refractivity contribution in [1.82, 2.24) is 14.9 Å². The topological polar surface area (TPSA) is 50.1 Å². The van der Waals surface area contributed by atoms with E-state index in [0.717, 1.165) is 6.92 Å². The lowest BCUT2D eigenvalue weighted by atomic mass is 10.0. The highest BCUT2D eigenvalue weighted by Crippen LogP contribution is 2.39. The van der Waals surface area contributed by atoms with Crippen molar-refractivity contribution in [2.45, 2.75) is 38.2 Å². The molecule has 2 heterocycles. The summed E-state index contributed by atoms with van der Waals surface area (Å²) in [6, 6.07) is -0.162. The predicted octanol–water partition coefficient (Wildman–Crippen LogP) is 1.32. The molecule has 4 nitrogen and oxygen atoms in total. The molecule has 2 rings (SSSR count). The van der Waals surface area contributed by atoms with Gasteiger partial charge < -0.3 is 15.0 Å². The van der Waals surface area contributed by atoms with E-state index in [1.807, 2.05) is 0 Å². The molecule has 1 unspecified atom stereocenters. The fourth-order valence-corrected chi connectivity index (χ4v) is 2.01. The molecule has 0 fully saturated rings. The second-order valence-corrected chi connectivity index (χ2v) is 4.49. The molecule has 17 heavy (non-hydrogen) atoms. The Bertz CT molecular complexity index is 425. The van der Waals surface area contributed by atoms with E-state index in [-0.39, 0.29) is 11.9 Å². The standard InChI is InChI=1S/C10H14F3N3O/c1-6-3-14-4-7-5-15-8(16(6)7)9(2,17)10(11,12)13/h5-6,14,17H,3-4H2,1-2H3/t6-,9?/m0/s1. The van der Waals surface area contributed by atoms with Crippen molar-refractivity contribution < 1.29 is 18.3 Å². The Morgan fingerprint density at radius 2 is 2.18 bits per heavy atom. The Balaban J connectivity index is 2.51. The normalized spacial score (nSPS) is 24.2. The molecule has 2 N–H and O–H groups in total. The fraction of sp³-hybridized carbons (Fsp3) is 0.700. The van der Waals surface area contributed by atoms with Gasteiger partial charge in [0.05, 0.1) is 5.69 Å². The van der Waals surface area contributed by atoms with Crippen LogP contribution in [0.3, 0.4) is 0 Å². The lowest BCUT2D eigenvalue weighted by Crippen LogP contribution is -2.44. The Kier molecular flexibility index (Phi) is 2.70. The van der Waals surface area contributed by atoms with Crippen molar-refractivity contribution >= 4 is 0 Å². The van der Waals surface area contributed by atoms with Gasteiger partial charge in [0, 0.05) is 25.3 Å². The number of alkyl halides is 3. The van der Waals surface area contributed by atoms with E-state index in [4.69, 9.17) is 0 Å². The number of aromatic nitrogens is 2. The lowest BCUT2D eigenvalue weighted by molar-refractivity contribution is -0.263. The van der Waals surface area contributed by atoms with Crippen LogP contribution in [0, 0.1) is 0 Å². The summed E-state index contributed by atoms with van der Waals surface area (Å²) in [7, 11) is 0. The first-order chi connectivity index (χ1) is 7.75. The molecule has 0 bridgehead atoms. The average molecular weight is 249 g/mol. The summed E-state index contributed by atoms with van der Waals surface area (Å²) in [5.74, 6) is -0.339. The highest BCUT2D eigenvalue weighted by atomic mass is 19.4. The molecule has 7 heteroatoms. The summed E-state index contributed by atoms with van der Waals surface area (Å²) < 4.78 is 39.8. The van der Waals surface area contributed by atoms with Gasteiger partial charge in [0.25, 0.3) is 0 Å². The first-order valence-corrected chi connectivity index (χ1v) is 5.31. The van der Waals surface area contributed by atoms with Crippen molar-refractivity contribution in [2.75, 3.05) is 6.54 Å². The van der Waals surface area contributed by atoms with Crippen molar-refractivity contribution in [3.05, 3.63) is 17.7 Å². The summed E-state index contributed by atoms with van der Waals surface area (Å²) >= 11 is 0. The quantitative estimate of drug-likeness (QED) is 0.789. The zero-order chi connectivity index (χ0) is 12.8. The third kappa shape index (κ3) is 1.83. The Morgan fingerprint density at radius 1 is 1.53 bits per heavy atom. The molecule has 96 valence electrons. The van der Waals surface area contributed by atoms with Gasteiger partial charge in [0.1, 0.15) is 0 Å². The van der Waals surface area contributed by atoms with E-state index in [1.54, 1.807) is 6.92 Å². The molecule has 0 aliphatic carbocycles. The first kappa shape index (κ1) is 12.4. The van der Waals surface area contributed by atoms with Gasteiger partial charge in [-0.15, -0.1) is 0 Å². The van der Waals surface area contributed by atoms with Gasteiger partial charge in [-0.2, -0.15) is 13.2 Å². The molecule has 0 aromatic carbocycles. The first-order valence-electron chi connectivity index (χ1n) is 5.31. The van der Waals surface area contributed by atoms with E-state index >= 15 is 0 Å². The number of rotatable bonds is 1. The number of nitrogens with zero attached hydrogens (tertiary/aromatic N) is 2. The largest absolute Gasteiger partial charge is 0.424 e. The molecule has 0 spiro atoms. The van der Waals surface area contributed by atoms with E-state index in [0.29, 0.717) is 18.8 Å². The molecular weight excluding hydrogens is 235 g/mol. The van der Waals surface area contributed by atoms with Gasteiger partial charge in [0.15, 0.2) is 5.82 Å². The van der Waals surface area contributed by atoms with Crippen molar-refractivity contribution in [3.63, 3.8) is 0 Å². The van der Waals surface area contributed by atoms with Crippen LogP contribution in [0.2, 0.25) is 0 Å². The minimum atomic E-state index is -4.74. The van der Waals surface area contributed by atoms with E-state index in [1.165, 1.54) is 10.8 Å². The smallest absolute Gasteiger partial charge is 0.374 e. The van der Waals surface area contributed by atoms with Crippen LogP contribution < -0.4 is 5.32 Å². The maximum absolute atomic E-state index is 12.8. The summed E-state index contributed by atoms with van der Waals surface area (Å²) in [4.78, 5) is 3.74. The minimum Gasteiger partial charge on any atom is -0.374 e. The minimum absolute atomic E-state index is 0.162. The Hall–Kier alpha value is -1.08. The van der Waals surface area contributed by atoms with Crippen molar-refractivity contribution in [2.24, 2.45) is 0 Å². The highest BCUT2D eigenvalue weighted by Gasteiger charge is 2.54. The van der Waals surface area contributed by atoms with Crippen LogP contribution in [0.1, 0.15) is 31.4 Å². The molecule has 0 saturated heterocycles. The molecule has 1 aliphatic rings. The van der Waals surface area contributed by atoms with Gasteiger partial charge in [-0.05, 0) is 13.8 Å². The van der Waals surface area contributed by atoms with Crippen LogP contribution >= 0.6 is 0 Å². The molecule has 0 amide bonds. The maximum atomic E-state index is 12.8. The summed E-state index contributed by atoms with van der Waals surface area (Å²) in [6.07, 6.45) is -3.36. The summed E-state index contributed by atoms with van der Waals surface area (Å²) in [5.41, 5.74) is -2.26. The van der Waals surface area contributed by atoms with Crippen LogP contribution in [0.4, 0.5) is 13.2 Å². The van der Waals surface area contributed by atoms with Crippen molar-refractivity contribution in [3.8, 4) is 0 Å². The molecular formula is C10H14F3N3O. The fourth-order valence-electron chi connectivity index (χ4n) is 2.01. The number of nitrogens with one attached hydrogen (secondary N) is 1. The van der Waals surface area contributed by atoms with Crippen LogP contribution in [-0.4, -0.2) is 27.4 Å². The zero-order valence-electron chi connectivity index (χ0n) is 9.54. The van der Waals surface area contributed by atoms with Gasteiger partial charge in [0.2, 0.25) is 5.60 Å². The third-order valence-corrected chi connectivity index (χ3v) is 3.05. The number of imidazole rings is 1. The van der Waals surface area contributed by atoms with Gasteiger partial charge in [-0.3, -0.25) is 0 Å². The molecule has 0 saturated carbocycles. The van der Waals surface area contributed by atoms with E-state index < -0.39 is 11.8 Å². The molecule has 1 aromatic rings. The molecule has 1 aliphatic heterocycles. The highest BCUT2D eigenvalue weighted by molar-refractivity contribution is 5.16. The SMILES string of the molecule is C[C@H]1CNCc2cnc(C(C)(O)C(F)(F)F)n21. The lowest BCUT2D eigenvalue weighted by Gasteiger charge is -2.31. The number of hydrogen-bond acceptors (Lipinski definition) is 3. The predicted molar refractivity (Wildman–Crippen MR) is 54.3 cm³/mol. The summed E-state index contributed by atoms with van der Waals surface area (Å²) in [6.45, 7) is 3.54.